The highest BCUT2D eigenvalue weighted by Crippen LogP contribution is 2.39. The van der Waals surface area contributed by atoms with Crippen LogP contribution in [0.25, 0.3) is 33.0 Å². The van der Waals surface area contributed by atoms with Gasteiger partial charge in [-0.3, -0.25) is 9.98 Å². The van der Waals surface area contributed by atoms with Crippen molar-refractivity contribution in [2.45, 2.75) is 13.4 Å². The third kappa shape index (κ3) is 5.78. The third-order valence-electron chi connectivity index (χ3n) is 10.1. The second-order valence-corrected chi connectivity index (χ2v) is 13.3. The number of anilines is 1. The van der Waals surface area contributed by atoms with E-state index in [0.717, 1.165) is 84.6 Å². The molecule has 53 heavy (non-hydrogen) atoms. The molecule has 0 aliphatic carbocycles. The lowest BCUT2D eigenvalue weighted by atomic mass is 9.83. The molecule has 0 unspecified atom stereocenters. The van der Waals surface area contributed by atoms with Crippen LogP contribution in [0.1, 0.15) is 22.3 Å². The van der Waals surface area contributed by atoms with E-state index >= 15 is 0 Å². The Morgan fingerprint density at radius 2 is 1.21 bits per heavy atom. The van der Waals surface area contributed by atoms with Crippen molar-refractivity contribution < 1.29 is 4.65 Å². The van der Waals surface area contributed by atoms with Crippen LogP contribution < -0.4 is 9.97 Å². The maximum absolute atomic E-state index is 6.93. The summed E-state index contributed by atoms with van der Waals surface area (Å²) in [6.45, 7) is 2.73. The molecule has 0 bridgehead atoms. The van der Waals surface area contributed by atoms with Crippen LogP contribution in [-0.4, -0.2) is 41.0 Å². The molecule has 1 aromatic heterocycles. The largest absolute Gasteiger partial charge is 0.541 e. The predicted octanol–water partition coefficient (Wildman–Crippen LogP) is 9.85. The van der Waals surface area contributed by atoms with Gasteiger partial charge in [0.2, 0.25) is 0 Å². The van der Waals surface area contributed by atoms with Crippen molar-refractivity contribution in [3.8, 4) is 28.0 Å². The molecule has 8 heteroatoms. The van der Waals surface area contributed by atoms with Gasteiger partial charge in [-0.15, -0.1) is 0 Å². The first-order valence-electron chi connectivity index (χ1n) is 17.9. The minimum Gasteiger partial charge on any atom is -0.541 e. The van der Waals surface area contributed by atoms with Gasteiger partial charge in [0.1, 0.15) is 34.9 Å². The molecule has 0 spiro atoms. The second-order valence-electron chi connectivity index (χ2n) is 13.3. The van der Waals surface area contributed by atoms with E-state index in [-0.39, 0.29) is 0 Å². The van der Waals surface area contributed by atoms with E-state index in [9.17, 15) is 0 Å². The van der Waals surface area contributed by atoms with Gasteiger partial charge < -0.3 is 19.3 Å². The van der Waals surface area contributed by atoms with Gasteiger partial charge in [-0.05, 0) is 52.8 Å². The van der Waals surface area contributed by atoms with Gasteiger partial charge >= 0.3 is 7.05 Å². The second kappa shape index (κ2) is 13.5. The summed E-state index contributed by atoms with van der Waals surface area (Å²) in [5, 5.41) is 5.78. The van der Waals surface area contributed by atoms with Crippen LogP contribution in [0, 0.1) is 0 Å². The van der Waals surface area contributed by atoms with Crippen LogP contribution in [0.3, 0.4) is 0 Å². The van der Waals surface area contributed by atoms with E-state index < -0.39 is 7.05 Å². The Balaban J connectivity index is 1.14. The zero-order chi connectivity index (χ0) is 35.9. The summed E-state index contributed by atoms with van der Waals surface area (Å²) in [6.07, 6.45) is 0. The first kappa shape index (κ1) is 32.3. The fourth-order valence-electron chi connectivity index (χ4n) is 7.53. The molecule has 9 rings (SSSR count). The topological polar surface area (TPSA) is 66.5 Å². The number of aliphatic imine (C=N–C) groups is 3. The Morgan fingerprint density at radius 1 is 0.642 bits per heavy atom. The van der Waals surface area contributed by atoms with E-state index in [1.165, 1.54) is 5.56 Å². The highest BCUT2D eigenvalue weighted by Gasteiger charge is 2.39. The normalized spacial score (nSPS) is 14.8. The van der Waals surface area contributed by atoms with E-state index in [4.69, 9.17) is 19.6 Å². The van der Waals surface area contributed by atoms with Crippen molar-refractivity contribution in [2.24, 2.45) is 22.0 Å². The molecule has 2 aliphatic rings. The highest BCUT2D eigenvalue weighted by atomic mass is 16.4. The fourth-order valence-corrected chi connectivity index (χ4v) is 7.53. The monoisotopic (exact) mass is 688 g/mol. The van der Waals surface area contributed by atoms with Gasteiger partial charge in [0.15, 0.2) is 0 Å². The van der Waals surface area contributed by atoms with Crippen molar-refractivity contribution in [2.75, 3.05) is 12.4 Å². The van der Waals surface area contributed by atoms with Crippen molar-refractivity contribution in [3.05, 3.63) is 174 Å². The van der Waals surface area contributed by atoms with Crippen LogP contribution in [-0.2, 0) is 13.6 Å². The van der Waals surface area contributed by atoms with Crippen LogP contribution in [0.5, 0.6) is 5.75 Å². The van der Waals surface area contributed by atoms with Gasteiger partial charge in [-0.25, -0.2) is 4.99 Å². The van der Waals surface area contributed by atoms with Crippen molar-refractivity contribution in [3.63, 3.8) is 0 Å². The number of hydrogen-bond donors (Lipinski definition) is 1. The van der Waals surface area contributed by atoms with E-state index in [0.29, 0.717) is 6.54 Å². The number of aromatic nitrogens is 1. The summed E-state index contributed by atoms with van der Waals surface area (Å²) >= 11 is 0. The van der Waals surface area contributed by atoms with Gasteiger partial charge in [-0.2, -0.15) is 0 Å². The maximum Gasteiger partial charge on any atom is 0.486 e. The van der Waals surface area contributed by atoms with E-state index in [1.54, 1.807) is 0 Å². The summed E-state index contributed by atoms with van der Waals surface area (Å²) in [5.74, 6) is 4.98. The molecule has 7 aromatic rings. The summed E-state index contributed by atoms with van der Waals surface area (Å²) in [5.41, 5.74) is 8.79. The van der Waals surface area contributed by atoms with E-state index in [1.807, 2.05) is 25.2 Å². The summed E-state index contributed by atoms with van der Waals surface area (Å²) in [6, 6.07) is 52.4. The van der Waals surface area contributed by atoms with Crippen molar-refractivity contribution in [1.82, 2.24) is 9.38 Å². The predicted molar refractivity (Wildman–Crippen MR) is 220 cm³/mol. The van der Waals surface area contributed by atoms with Crippen LogP contribution in [0.4, 0.5) is 11.6 Å². The van der Waals surface area contributed by atoms with E-state index in [2.05, 4.69) is 162 Å². The number of amidine groups is 3. The number of fused-ring (bicyclic) bond motifs is 3. The molecule has 0 saturated heterocycles. The first-order valence-corrected chi connectivity index (χ1v) is 17.9. The van der Waals surface area contributed by atoms with Crippen molar-refractivity contribution in [1.29, 1.82) is 0 Å². The lowest BCUT2D eigenvalue weighted by Crippen LogP contribution is -2.46. The molecule has 0 saturated carbocycles. The average Bonchev–Trinajstić information content (AvgIpc) is 3.85. The number of hydrogen-bond acceptors (Lipinski definition) is 5. The van der Waals surface area contributed by atoms with Gasteiger partial charge in [0, 0.05) is 41.6 Å². The summed E-state index contributed by atoms with van der Waals surface area (Å²) < 4.78 is 9.06. The molecule has 0 amide bonds. The van der Waals surface area contributed by atoms with Gasteiger partial charge in [0.05, 0.1) is 6.54 Å². The quantitative estimate of drug-likeness (QED) is 0.170. The molecule has 0 atom stereocenters. The van der Waals surface area contributed by atoms with Crippen LogP contribution >= 0.6 is 0 Å². The minimum atomic E-state index is -0.456. The number of nitrogens with one attached hydrogen (secondary N) is 1. The number of benzene rings is 6. The molecule has 6 aromatic carbocycles. The Labute approximate surface area is 309 Å². The van der Waals surface area contributed by atoms with Crippen LogP contribution in [0.15, 0.2) is 167 Å². The molecule has 256 valence electrons. The zero-order valence-electron chi connectivity index (χ0n) is 29.9. The number of nitrogens with zero attached hydrogens (tertiary/aromatic N) is 5. The van der Waals surface area contributed by atoms with Crippen LogP contribution in [0.2, 0.25) is 6.82 Å². The molecule has 3 heterocycles. The first-order chi connectivity index (χ1) is 26.1. The lowest BCUT2D eigenvalue weighted by molar-refractivity contribution is 0.537. The minimum absolute atomic E-state index is 0.456. The molecule has 0 radical (unpaired) electrons. The SMILES string of the molecule is CN=C1c2ccccc2C(=Nc2c3ccccc3c(NC3=NCc4ccccc43)n2C)N1B(C)Oc1cc(-c2ccccc2)cc(-c2ccccc2)c1. The zero-order valence-corrected chi connectivity index (χ0v) is 29.9. The van der Waals surface area contributed by atoms with Gasteiger partial charge in [0.25, 0.3) is 0 Å². The van der Waals surface area contributed by atoms with Crippen molar-refractivity contribution >= 4 is 47.0 Å². The fraction of sp³-hybridized carbons (Fsp3) is 0.0889. The summed E-state index contributed by atoms with van der Waals surface area (Å²) in [7, 11) is 3.43. The third-order valence-corrected chi connectivity index (χ3v) is 10.1. The Hall–Kier alpha value is -6.67. The smallest absolute Gasteiger partial charge is 0.486 e. The molecular weight excluding hydrogens is 651 g/mol. The summed E-state index contributed by atoms with van der Waals surface area (Å²) in [4.78, 5) is 17.3. The highest BCUT2D eigenvalue weighted by molar-refractivity contribution is 6.59. The molecule has 0 fully saturated rings. The number of rotatable bonds is 7. The molecular formula is C45H37BN6O. The van der Waals surface area contributed by atoms with Gasteiger partial charge in [-0.1, -0.05) is 133 Å². The Morgan fingerprint density at radius 3 is 1.87 bits per heavy atom. The molecule has 7 nitrogen and oxygen atoms in total. The average molecular weight is 689 g/mol. The Bertz CT molecular complexity index is 2530. The lowest BCUT2D eigenvalue weighted by Gasteiger charge is -2.25. The molecule has 2 aliphatic heterocycles. The Kier molecular flexibility index (Phi) is 8.20. The standard InChI is InChI=1S/C45H37BN6O/c1-46(53-35-27-33(30-16-6-4-7-17-30)26-34(28-35)31-18-8-5-9-19-31)52-42(47-2)37-22-12-15-25-40(37)45(52)50-44-39-24-14-13-23-38(39)43(51(44)3)49-41-36-21-11-10-20-32(36)29-48-41/h4-28H,29H2,1-3H3,(H,48,49). The maximum atomic E-state index is 6.93. The molecule has 1 N–H and O–H groups in total.